The van der Waals surface area contributed by atoms with Crippen LogP contribution in [-0.4, -0.2) is 11.7 Å². The Morgan fingerprint density at radius 2 is 1.67 bits per heavy atom. The number of nitrogens with one attached hydrogen (secondary N) is 1. The summed E-state index contributed by atoms with van der Waals surface area (Å²) in [4.78, 5) is 0. The molecule has 0 amide bonds. The molecular weight excluding hydrogens is 400 g/mol. The van der Waals surface area contributed by atoms with Gasteiger partial charge in [0.2, 0.25) is 0 Å². The number of hydrogen-bond acceptors (Lipinski definition) is 3. The Balaban J connectivity index is 1.64. The van der Waals surface area contributed by atoms with Crippen LogP contribution in [0.15, 0.2) is 57.5 Å². The fourth-order valence-electron chi connectivity index (χ4n) is 3.17. The molecule has 3 rings (SSSR count). The molecule has 0 fully saturated rings. The molecule has 0 radical (unpaired) electrons. The van der Waals surface area contributed by atoms with Gasteiger partial charge in [-0.05, 0) is 60.6 Å². The van der Waals surface area contributed by atoms with Gasteiger partial charge in [0.15, 0.2) is 5.76 Å². The van der Waals surface area contributed by atoms with Crippen LogP contribution in [0.1, 0.15) is 43.5 Å². The van der Waals surface area contributed by atoms with Crippen LogP contribution < -0.4 is 5.32 Å². The predicted molar refractivity (Wildman–Crippen MR) is 116 cm³/mol. The van der Waals surface area contributed by atoms with Crippen molar-refractivity contribution in [1.29, 1.82) is 0 Å². The van der Waals surface area contributed by atoms with Crippen LogP contribution in [0, 0.1) is 12.8 Å². The molecule has 0 bridgehead atoms. The van der Waals surface area contributed by atoms with E-state index in [-0.39, 0.29) is 0 Å². The summed E-state index contributed by atoms with van der Waals surface area (Å²) in [6.45, 7) is 9.57. The molecule has 0 aliphatic heterocycles. The highest BCUT2D eigenvalue weighted by Gasteiger charge is 2.16. The van der Waals surface area contributed by atoms with Crippen molar-refractivity contribution in [3.8, 4) is 11.3 Å². The quantitative estimate of drug-likeness (QED) is 0.449. The van der Waals surface area contributed by atoms with E-state index in [1.165, 1.54) is 11.1 Å². The highest BCUT2D eigenvalue weighted by Crippen LogP contribution is 2.32. The maximum Gasteiger partial charge on any atom is 0.190 e. The summed E-state index contributed by atoms with van der Waals surface area (Å²) in [5.74, 6) is 1.88. The molecule has 3 aromatic rings. The molecule has 0 spiro atoms. The van der Waals surface area contributed by atoms with Gasteiger partial charge in [0.1, 0.15) is 11.4 Å². The van der Waals surface area contributed by atoms with Gasteiger partial charge >= 0.3 is 0 Å². The first-order chi connectivity index (χ1) is 12.9. The average molecular weight is 427 g/mol. The third kappa shape index (κ3) is 5.01. The van der Waals surface area contributed by atoms with E-state index in [1.807, 2.05) is 31.2 Å². The second-order valence-electron chi connectivity index (χ2n) is 7.57. The van der Waals surface area contributed by atoms with Crippen LogP contribution in [-0.2, 0) is 6.42 Å². The first kappa shape index (κ1) is 19.7. The van der Waals surface area contributed by atoms with E-state index < -0.39 is 0 Å². The van der Waals surface area contributed by atoms with E-state index in [1.54, 1.807) is 0 Å². The van der Waals surface area contributed by atoms with Crippen LogP contribution in [0.4, 0.5) is 5.69 Å². The Bertz CT molecular complexity index is 866. The van der Waals surface area contributed by atoms with Gasteiger partial charge in [-0.3, -0.25) is 0 Å². The van der Waals surface area contributed by atoms with Gasteiger partial charge in [0.25, 0.3) is 0 Å². The van der Waals surface area contributed by atoms with Crippen LogP contribution in [0.2, 0.25) is 0 Å². The number of anilines is 1. The zero-order chi connectivity index (χ0) is 19.4. The van der Waals surface area contributed by atoms with Crippen molar-refractivity contribution < 1.29 is 4.52 Å². The molecule has 4 heteroatoms. The van der Waals surface area contributed by atoms with Gasteiger partial charge in [0.05, 0.1) is 0 Å². The van der Waals surface area contributed by atoms with E-state index >= 15 is 0 Å². The second kappa shape index (κ2) is 8.75. The third-order valence-corrected chi connectivity index (χ3v) is 5.36. The largest absolute Gasteiger partial charge is 0.380 e. The minimum Gasteiger partial charge on any atom is -0.380 e. The molecule has 0 saturated heterocycles. The normalized spacial score (nSPS) is 12.4. The van der Waals surface area contributed by atoms with Gasteiger partial charge in [0, 0.05) is 16.6 Å². The highest BCUT2D eigenvalue weighted by molar-refractivity contribution is 9.10. The Morgan fingerprint density at radius 3 is 2.30 bits per heavy atom. The van der Waals surface area contributed by atoms with E-state index in [4.69, 9.17) is 4.52 Å². The molecule has 0 aliphatic carbocycles. The lowest BCUT2D eigenvalue weighted by Gasteiger charge is -2.15. The van der Waals surface area contributed by atoms with E-state index in [0.717, 1.165) is 40.1 Å². The van der Waals surface area contributed by atoms with E-state index in [0.29, 0.717) is 11.8 Å². The van der Waals surface area contributed by atoms with Gasteiger partial charge in [-0.25, -0.2) is 0 Å². The lowest BCUT2D eigenvalue weighted by Crippen LogP contribution is -2.14. The van der Waals surface area contributed by atoms with Crippen molar-refractivity contribution in [2.45, 2.75) is 40.0 Å². The molecule has 2 aromatic carbocycles. The molecule has 1 aromatic heterocycles. The van der Waals surface area contributed by atoms with Crippen LogP contribution >= 0.6 is 15.9 Å². The summed E-state index contributed by atoms with van der Waals surface area (Å²) in [6, 6.07) is 17.1. The first-order valence-electron chi connectivity index (χ1n) is 9.49. The third-order valence-electron chi connectivity index (χ3n) is 4.83. The first-order valence-corrected chi connectivity index (χ1v) is 10.3. The number of aromatic nitrogens is 1. The molecule has 0 aliphatic rings. The SMILES string of the molecule is Cc1noc(-c2ccc(Br)cc2)c1NCC(C)Cc1ccc(C(C)C)cc1. The van der Waals surface area contributed by atoms with Crippen LogP contribution in [0.5, 0.6) is 0 Å². The van der Waals surface area contributed by atoms with Crippen LogP contribution in [0.25, 0.3) is 11.3 Å². The summed E-state index contributed by atoms with van der Waals surface area (Å²) in [7, 11) is 0. The highest BCUT2D eigenvalue weighted by atomic mass is 79.9. The van der Waals surface area contributed by atoms with Gasteiger partial charge in [-0.1, -0.05) is 66.1 Å². The molecule has 1 atom stereocenters. The summed E-state index contributed by atoms with van der Waals surface area (Å²) < 4.78 is 6.63. The maximum absolute atomic E-state index is 5.58. The number of benzene rings is 2. The molecule has 3 nitrogen and oxygen atoms in total. The molecule has 142 valence electrons. The Kier molecular flexibility index (Phi) is 6.38. The number of rotatable bonds is 7. The molecule has 1 unspecified atom stereocenters. The zero-order valence-electron chi connectivity index (χ0n) is 16.4. The predicted octanol–water partition coefficient (Wildman–Crippen LogP) is 6.83. The van der Waals surface area contributed by atoms with Crippen molar-refractivity contribution in [3.05, 3.63) is 69.8 Å². The molecule has 27 heavy (non-hydrogen) atoms. The fourth-order valence-corrected chi connectivity index (χ4v) is 3.43. The average Bonchev–Trinajstić information content (AvgIpc) is 3.01. The minimum atomic E-state index is 0.502. The summed E-state index contributed by atoms with van der Waals surface area (Å²) in [5.41, 5.74) is 5.67. The minimum absolute atomic E-state index is 0.502. The van der Waals surface area contributed by atoms with Crippen molar-refractivity contribution in [3.63, 3.8) is 0 Å². The van der Waals surface area contributed by atoms with Crippen LogP contribution in [0.3, 0.4) is 0 Å². The van der Waals surface area contributed by atoms with Crippen molar-refractivity contribution in [1.82, 2.24) is 5.16 Å². The number of hydrogen-bond donors (Lipinski definition) is 1. The maximum atomic E-state index is 5.58. The smallest absolute Gasteiger partial charge is 0.190 e. The second-order valence-corrected chi connectivity index (χ2v) is 8.48. The number of nitrogens with zero attached hydrogens (tertiary/aromatic N) is 1. The van der Waals surface area contributed by atoms with Crippen molar-refractivity contribution >= 4 is 21.6 Å². The topological polar surface area (TPSA) is 38.1 Å². The fraction of sp³-hybridized carbons (Fsp3) is 0.348. The Hall–Kier alpha value is -2.07. The van der Waals surface area contributed by atoms with E-state index in [9.17, 15) is 0 Å². The monoisotopic (exact) mass is 426 g/mol. The van der Waals surface area contributed by atoms with Gasteiger partial charge in [-0.15, -0.1) is 0 Å². The summed E-state index contributed by atoms with van der Waals surface area (Å²) >= 11 is 3.47. The molecule has 1 heterocycles. The number of halogens is 1. The molecule has 1 N–H and O–H groups in total. The molecular formula is C23H27BrN2O. The van der Waals surface area contributed by atoms with Gasteiger partial charge in [-0.2, -0.15) is 0 Å². The van der Waals surface area contributed by atoms with E-state index in [2.05, 4.69) is 71.4 Å². The standard InChI is InChI=1S/C23H27BrN2O/c1-15(2)19-7-5-18(6-8-19)13-16(3)14-25-22-17(4)26-27-23(22)20-9-11-21(24)12-10-20/h5-12,15-16,25H,13-14H2,1-4H3. The number of aryl methyl sites for hydroxylation is 1. The summed E-state index contributed by atoms with van der Waals surface area (Å²) in [6.07, 6.45) is 1.04. The van der Waals surface area contributed by atoms with Crippen molar-refractivity contribution in [2.24, 2.45) is 5.92 Å². The molecule has 0 saturated carbocycles. The lowest BCUT2D eigenvalue weighted by atomic mass is 9.97. The lowest BCUT2D eigenvalue weighted by molar-refractivity contribution is 0.427. The zero-order valence-corrected chi connectivity index (χ0v) is 18.0. The summed E-state index contributed by atoms with van der Waals surface area (Å²) in [5, 5.41) is 7.71. The Morgan fingerprint density at radius 1 is 1.00 bits per heavy atom. The van der Waals surface area contributed by atoms with Gasteiger partial charge < -0.3 is 9.84 Å². The van der Waals surface area contributed by atoms with Crippen molar-refractivity contribution in [2.75, 3.05) is 11.9 Å². The Labute approximate surface area is 170 Å².